The molecule has 1 aromatic rings. The van der Waals surface area contributed by atoms with Crippen molar-refractivity contribution in [2.75, 3.05) is 24.3 Å². The van der Waals surface area contributed by atoms with E-state index < -0.39 is 0 Å². The highest BCUT2D eigenvalue weighted by molar-refractivity contribution is 5.92. The maximum absolute atomic E-state index is 12.0. The highest BCUT2D eigenvalue weighted by atomic mass is 16.2. The number of hydrogen-bond donors (Lipinski definition) is 1. The van der Waals surface area contributed by atoms with Gasteiger partial charge >= 0.3 is 0 Å². The second-order valence-electron chi connectivity index (χ2n) is 4.94. The Morgan fingerprint density at radius 2 is 2.28 bits per heavy atom. The summed E-state index contributed by atoms with van der Waals surface area (Å²) < 4.78 is 0. The summed E-state index contributed by atoms with van der Waals surface area (Å²) in [6.45, 7) is 0. The molecule has 98 valence electrons. The molecule has 0 atom stereocenters. The first kappa shape index (κ1) is 12.9. The van der Waals surface area contributed by atoms with Crippen molar-refractivity contribution in [2.45, 2.75) is 32.1 Å². The second-order valence-corrected chi connectivity index (χ2v) is 4.94. The van der Waals surface area contributed by atoms with Crippen LogP contribution in [0.25, 0.3) is 0 Å². The number of carbonyl (C=O) groups excluding carboxylic acids is 1. The molecule has 0 saturated heterocycles. The van der Waals surface area contributed by atoms with E-state index in [9.17, 15) is 4.79 Å². The minimum Gasteiger partial charge on any atom is -0.373 e. The van der Waals surface area contributed by atoms with Crippen LogP contribution in [-0.4, -0.2) is 25.0 Å². The molecule has 0 spiro atoms. The third-order valence-electron chi connectivity index (χ3n) is 3.76. The van der Waals surface area contributed by atoms with Crippen LogP contribution in [0.2, 0.25) is 0 Å². The molecule has 1 aromatic heterocycles. The van der Waals surface area contributed by atoms with Gasteiger partial charge in [0.25, 0.3) is 0 Å². The van der Waals surface area contributed by atoms with Crippen molar-refractivity contribution in [3.63, 3.8) is 0 Å². The lowest BCUT2D eigenvalue weighted by molar-refractivity contribution is -0.118. The molecule has 0 aromatic carbocycles. The molecule has 18 heavy (non-hydrogen) atoms. The minimum absolute atomic E-state index is 0.181. The van der Waals surface area contributed by atoms with Crippen LogP contribution in [-0.2, 0) is 4.79 Å². The Labute approximate surface area is 108 Å². The number of nitrogens with one attached hydrogen (secondary N) is 1. The van der Waals surface area contributed by atoms with E-state index in [1.54, 1.807) is 11.1 Å². The topological polar surface area (TPSA) is 45.2 Å². The highest BCUT2D eigenvalue weighted by Gasteiger charge is 2.19. The molecule has 1 aliphatic carbocycles. The molecule has 1 amide bonds. The zero-order chi connectivity index (χ0) is 13.0. The van der Waals surface area contributed by atoms with Crippen molar-refractivity contribution >= 4 is 17.4 Å². The molecular formula is C14H21N3O. The van der Waals surface area contributed by atoms with Crippen LogP contribution in [0, 0.1) is 5.92 Å². The third-order valence-corrected chi connectivity index (χ3v) is 3.76. The van der Waals surface area contributed by atoms with Gasteiger partial charge in [0.2, 0.25) is 5.91 Å². The van der Waals surface area contributed by atoms with Crippen LogP contribution in [0.1, 0.15) is 32.1 Å². The largest absolute Gasteiger partial charge is 0.373 e. The summed E-state index contributed by atoms with van der Waals surface area (Å²) in [6.07, 6.45) is 7.35. The van der Waals surface area contributed by atoms with Crippen LogP contribution in [0.15, 0.2) is 18.3 Å². The lowest BCUT2D eigenvalue weighted by Gasteiger charge is -2.26. The van der Waals surface area contributed by atoms with E-state index in [2.05, 4.69) is 10.3 Å². The van der Waals surface area contributed by atoms with E-state index in [1.807, 2.05) is 26.2 Å². The molecule has 0 radical (unpaired) electrons. The van der Waals surface area contributed by atoms with Crippen molar-refractivity contribution in [3.05, 3.63) is 18.3 Å². The van der Waals surface area contributed by atoms with E-state index >= 15 is 0 Å². The Morgan fingerprint density at radius 3 is 2.78 bits per heavy atom. The summed E-state index contributed by atoms with van der Waals surface area (Å²) in [5.41, 5.74) is 0.854. The predicted molar refractivity (Wildman–Crippen MR) is 73.8 cm³/mol. The lowest BCUT2D eigenvalue weighted by Crippen LogP contribution is -2.27. The van der Waals surface area contributed by atoms with Crippen LogP contribution in [0.5, 0.6) is 0 Å². The van der Waals surface area contributed by atoms with Crippen LogP contribution in [0.3, 0.4) is 0 Å². The van der Waals surface area contributed by atoms with Gasteiger partial charge in [0.05, 0.1) is 11.9 Å². The van der Waals surface area contributed by atoms with Crippen LogP contribution >= 0.6 is 0 Å². The third kappa shape index (κ3) is 3.00. The maximum atomic E-state index is 12.0. The zero-order valence-electron chi connectivity index (χ0n) is 11.1. The zero-order valence-corrected chi connectivity index (χ0v) is 11.1. The van der Waals surface area contributed by atoms with Crippen molar-refractivity contribution in [1.82, 2.24) is 4.98 Å². The second kappa shape index (κ2) is 5.85. The summed E-state index contributed by atoms with van der Waals surface area (Å²) in [5.74, 6) is 1.78. The van der Waals surface area contributed by atoms with Crippen LogP contribution in [0.4, 0.5) is 11.5 Å². The molecule has 1 fully saturated rings. The van der Waals surface area contributed by atoms with Crippen molar-refractivity contribution < 1.29 is 4.79 Å². The number of aromatic nitrogens is 1. The van der Waals surface area contributed by atoms with E-state index in [0.29, 0.717) is 6.42 Å². The highest BCUT2D eigenvalue weighted by Crippen LogP contribution is 2.30. The number of hydrogen-bond acceptors (Lipinski definition) is 3. The SMILES string of the molecule is CNc1ccc(N(C)C(=O)CCC2CCC2)cn1. The summed E-state index contributed by atoms with van der Waals surface area (Å²) in [4.78, 5) is 17.9. The Bertz CT molecular complexity index is 398. The average molecular weight is 247 g/mol. The van der Waals surface area contributed by atoms with Gasteiger partial charge in [0.15, 0.2) is 0 Å². The number of carbonyl (C=O) groups is 1. The lowest BCUT2D eigenvalue weighted by atomic mass is 9.82. The van der Waals surface area contributed by atoms with Gasteiger partial charge in [0.1, 0.15) is 5.82 Å². The first-order chi connectivity index (χ1) is 8.70. The molecule has 0 unspecified atom stereocenters. The van der Waals surface area contributed by atoms with Gasteiger partial charge in [-0.2, -0.15) is 0 Å². The molecule has 2 rings (SSSR count). The van der Waals surface area contributed by atoms with Crippen molar-refractivity contribution in [1.29, 1.82) is 0 Å². The summed E-state index contributed by atoms with van der Waals surface area (Å²) in [5, 5.41) is 2.96. The van der Waals surface area contributed by atoms with Crippen molar-refractivity contribution in [2.24, 2.45) is 5.92 Å². The number of amides is 1. The van der Waals surface area contributed by atoms with Gasteiger partial charge in [-0.3, -0.25) is 4.79 Å². The fourth-order valence-electron chi connectivity index (χ4n) is 2.15. The summed E-state index contributed by atoms with van der Waals surface area (Å²) >= 11 is 0. The monoisotopic (exact) mass is 247 g/mol. The Balaban J connectivity index is 1.87. The smallest absolute Gasteiger partial charge is 0.226 e. The first-order valence-electron chi connectivity index (χ1n) is 6.61. The van der Waals surface area contributed by atoms with Gasteiger partial charge in [-0.15, -0.1) is 0 Å². The number of nitrogens with zero attached hydrogens (tertiary/aromatic N) is 2. The molecule has 0 aliphatic heterocycles. The summed E-state index contributed by atoms with van der Waals surface area (Å²) in [6, 6.07) is 3.80. The molecule has 0 bridgehead atoms. The number of pyridine rings is 1. The van der Waals surface area contributed by atoms with E-state index in [4.69, 9.17) is 0 Å². The van der Waals surface area contributed by atoms with Crippen molar-refractivity contribution in [3.8, 4) is 0 Å². The average Bonchev–Trinajstić information content (AvgIpc) is 2.36. The predicted octanol–water partition coefficient (Wildman–Crippen LogP) is 2.67. The van der Waals surface area contributed by atoms with Gasteiger partial charge in [-0.05, 0) is 24.5 Å². The Kier molecular flexibility index (Phi) is 4.18. The van der Waals surface area contributed by atoms with Crippen LogP contribution < -0.4 is 10.2 Å². The minimum atomic E-state index is 0.181. The van der Waals surface area contributed by atoms with Gasteiger partial charge < -0.3 is 10.2 Å². The Hall–Kier alpha value is -1.58. The molecule has 1 N–H and O–H groups in total. The summed E-state index contributed by atoms with van der Waals surface area (Å²) in [7, 11) is 3.65. The standard InChI is InChI=1S/C14H21N3O/c1-15-13-8-7-12(10-16-13)17(2)14(18)9-6-11-4-3-5-11/h7-8,10-11H,3-6,9H2,1-2H3,(H,15,16). The van der Waals surface area contributed by atoms with E-state index in [-0.39, 0.29) is 5.91 Å². The first-order valence-corrected chi connectivity index (χ1v) is 6.61. The number of rotatable bonds is 5. The molecule has 1 saturated carbocycles. The molecule has 4 heteroatoms. The maximum Gasteiger partial charge on any atom is 0.226 e. The molecule has 1 aliphatic rings. The van der Waals surface area contributed by atoms with Gasteiger partial charge in [-0.25, -0.2) is 4.98 Å². The number of anilines is 2. The molecule has 4 nitrogen and oxygen atoms in total. The normalized spacial score (nSPS) is 15.0. The molecule has 1 heterocycles. The Morgan fingerprint density at radius 1 is 1.50 bits per heavy atom. The van der Waals surface area contributed by atoms with E-state index in [0.717, 1.165) is 23.8 Å². The fourth-order valence-corrected chi connectivity index (χ4v) is 2.15. The quantitative estimate of drug-likeness (QED) is 0.870. The van der Waals surface area contributed by atoms with Gasteiger partial charge in [0, 0.05) is 20.5 Å². The molecular weight excluding hydrogens is 226 g/mol. The van der Waals surface area contributed by atoms with Gasteiger partial charge in [-0.1, -0.05) is 19.3 Å². The van der Waals surface area contributed by atoms with E-state index in [1.165, 1.54) is 19.3 Å². The fraction of sp³-hybridized carbons (Fsp3) is 0.571.